The average molecular weight is 1000 g/mol. The average Bonchev–Trinajstić information content (AvgIpc) is 3.37. The van der Waals surface area contributed by atoms with E-state index in [1.165, 1.54) is 257 Å². The van der Waals surface area contributed by atoms with E-state index in [4.69, 9.17) is 14.2 Å². The van der Waals surface area contributed by atoms with E-state index in [9.17, 15) is 14.4 Å². The molecule has 6 heteroatoms. The van der Waals surface area contributed by atoms with Crippen LogP contribution in [-0.2, 0) is 28.6 Å². The van der Waals surface area contributed by atoms with Gasteiger partial charge in [-0.15, -0.1) is 0 Å². The molecule has 0 amide bonds. The molecule has 0 aliphatic heterocycles. The lowest BCUT2D eigenvalue weighted by Crippen LogP contribution is -2.30. The highest BCUT2D eigenvalue weighted by Gasteiger charge is 2.19. The molecular weight excluding hydrogens is 877 g/mol. The molecule has 71 heavy (non-hydrogen) atoms. The van der Waals surface area contributed by atoms with E-state index < -0.39 is 6.10 Å². The molecule has 6 nitrogen and oxygen atoms in total. The molecule has 0 aliphatic carbocycles. The van der Waals surface area contributed by atoms with E-state index in [-0.39, 0.29) is 31.1 Å². The molecule has 0 aromatic carbocycles. The van der Waals surface area contributed by atoms with Crippen molar-refractivity contribution in [3.05, 3.63) is 24.3 Å². The maximum Gasteiger partial charge on any atom is 0.306 e. The van der Waals surface area contributed by atoms with Gasteiger partial charge < -0.3 is 14.2 Å². The van der Waals surface area contributed by atoms with Crippen LogP contribution in [0.4, 0.5) is 0 Å². The van der Waals surface area contributed by atoms with Crippen molar-refractivity contribution >= 4 is 17.9 Å². The van der Waals surface area contributed by atoms with Gasteiger partial charge in [-0.05, 0) is 70.6 Å². The molecule has 0 aromatic heterocycles. The van der Waals surface area contributed by atoms with Crippen LogP contribution in [0.2, 0.25) is 0 Å². The van der Waals surface area contributed by atoms with Gasteiger partial charge in [0.25, 0.3) is 0 Å². The topological polar surface area (TPSA) is 78.9 Å². The fraction of sp³-hybridized carbons (Fsp3) is 0.892. The third-order valence-corrected chi connectivity index (χ3v) is 14.4. The lowest BCUT2D eigenvalue weighted by Gasteiger charge is -2.18. The Morgan fingerprint density at radius 1 is 0.268 bits per heavy atom. The SMILES string of the molecule is CCCCCCCC/C=C\CCCCCCCCCCCC(=O)OC[C@@H](COC(=O)CCCCCCCCCCCCCCCCCCC)OC(=O)CCCCCCCCC/C=C\CCCCCCCC. The van der Waals surface area contributed by atoms with Crippen molar-refractivity contribution in [3.63, 3.8) is 0 Å². The van der Waals surface area contributed by atoms with Gasteiger partial charge in [0.05, 0.1) is 0 Å². The number of allylic oxidation sites excluding steroid dienone is 4. The smallest absolute Gasteiger partial charge is 0.306 e. The number of rotatable bonds is 59. The first-order chi connectivity index (χ1) is 35.0. The summed E-state index contributed by atoms with van der Waals surface area (Å²) in [5.41, 5.74) is 0. The molecule has 0 saturated heterocycles. The first-order valence-corrected chi connectivity index (χ1v) is 31.8. The van der Waals surface area contributed by atoms with Gasteiger partial charge in [0.1, 0.15) is 13.2 Å². The number of hydrogen-bond donors (Lipinski definition) is 0. The van der Waals surface area contributed by atoms with E-state index in [2.05, 4.69) is 45.1 Å². The second-order valence-electron chi connectivity index (χ2n) is 21.7. The van der Waals surface area contributed by atoms with Crippen LogP contribution in [0.3, 0.4) is 0 Å². The summed E-state index contributed by atoms with van der Waals surface area (Å²) in [4.78, 5) is 38.3. The summed E-state index contributed by atoms with van der Waals surface area (Å²) in [5, 5.41) is 0. The van der Waals surface area contributed by atoms with Crippen LogP contribution in [-0.4, -0.2) is 37.2 Å². The van der Waals surface area contributed by atoms with Crippen molar-refractivity contribution in [2.24, 2.45) is 0 Å². The molecule has 418 valence electrons. The third kappa shape index (κ3) is 58.7. The van der Waals surface area contributed by atoms with Crippen molar-refractivity contribution in [1.29, 1.82) is 0 Å². The largest absolute Gasteiger partial charge is 0.462 e. The molecule has 0 radical (unpaired) electrons. The number of carbonyl (C=O) groups is 3. The first kappa shape index (κ1) is 68.9. The monoisotopic (exact) mass is 999 g/mol. The third-order valence-electron chi connectivity index (χ3n) is 14.4. The number of carbonyl (C=O) groups excluding carboxylic acids is 3. The number of unbranched alkanes of at least 4 members (excludes halogenated alkanes) is 44. The van der Waals surface area contributed by atoms with Gasteiger partial charge in [0.2, 0.25) is 0 Å². The van der Waals surface area contributed by atoms with Gasteiger partial charge in [0, 0.05) is 19.3 Å². The summed E-state index contributed by atoms with van der Waals surface area (Å²) in [6.45, 7) is 6.69. The fourth-order valence-electron chi connectivity index (χ4n) is 9.61. The predicted molar refractivity (Wildman–Crippen MR) is 307 cm³/mol. The van der Waals surface area contributed by atoms with Crippen LogP contribution in [0.1, 0.15) is 355 Å². The first-order valence-electron chi connectivity index (χ1n) is 31.8. The van der Waals surface area contributed by atoms with Crippen LogP contribution in [0.15, 0.2) is 24.3 Å². The molecule has 0 saturated carbocycles. The second kappa shape index (κ2) is 60.4. The molecule has 1 atom stereocenters. The van der Waals surface area contributed by atoms with Gasteiger partial charge >= 0.3 is 17.9 Å². The van der Waals surface area contributed by atoms with Crippen molar-refractivity contribution in [2.75, 3.05) is 13.2 Å². The zero-order valence-corrected chi connectivity index (χ0v) is 48.0. The van der Waals surface area contributed by atoms with E-state index in [0.717, 1.165) is 57.8 Å². The molecule has 0 fully saturated rings. The van der Waals surface area contributed by atoms with Crippen LogP contribution in [0, 0.1) is 0 Å². The minimum atomic E-state index is -0.771. The van der Waals surface area contributed by atoms with Crippen LogP contribution >= 0.6 is 0 Å². The zero-order chi connectivity index (χ0) is 51.4. The number of ether oxygens (including phenoxy) is 3. The maximum absolute atomic E-state index is 12.9. The maximum atomic E-state index is 12.9. The molecule has 0 spiro atoms. The highest BCUT2D eigenvalue weighted by molar-refractivity contribution is 5.71. The van der Waals surface area contributed by atoms with Gasteiger partial charge in [-0.1, -0.05) is 289 Å². The van der Waals surface area contributed by atoms with Crippen molar-refractivity contribution in [1.82, 2.24) is 0 Å². The Hall–Kier alpha value is -2.11. The molecule has 0 bridgehead atoms. The quantitative estimate of drug-likeness (QED) is 0.0261. The predicted octanol–water partition coefficient (Wildman–Crippen LogP) is 21.4. The Kier molecular flexibility index (Phi) is 58.6. The van der Waals surface area contributed by atoms with Crippen molar-refractivity contribution < 1.29 is 28.6 Å². The minimum absolute atomic E-state index is 0.0684. The van der Waals surface area contributed by atoms with E-state index in [0.29, 0.717) is 19.3 Å². The Bertz CT molecular complexity index is 1150. The van der Waals surface area contributed by atoms with Crippen LogP contribution in [0.25, 0.3) is 0 Å². The summed E-state index contributed by atoms with van der Waals surface area (Å²) in [5.74, 6) is -0.849. The Morgan fingerprint density at radius 3 is 0.704 bits per heavy atom. The fourth-order valence-corrected chi connectivity index (χ4v) is 9.61. The molecule has 0 aliphatic rings. The molecule has 0 rings (SSSR count). The molecule has 0 N–H and O–H groups in total. The molecular formula is C65H122O6. The molecule has 0 heterocycles. The summed E-state index contributed by atoms with van der Waals surface area (Å²) < 4.78 is 16.9. The van der Waals surface area contributed by atoms with Gasteiger partial charge in [-0.2, -0.15) is 0 Å². The Morgan fingerprint density at radius 2 is 0.465 bits per heavy atom. The second-order valence-corrected chi connectivity index (χ2v) is 21.7. The van der Waals surface area contributed by atoms with Crippen molar-refractivity contribution in [2.45, 2.75) is 361 Å². The van der Waals surface area contributed by atoms with Crippen LogP contribution in [0.5, 0.6) is 0 Å². The molecule has 0 aromatic rings. The zero-order valence-electron chi connectivity index (χ0n) is 48.0. The van der Waals surface area contributed by atoms with E-state index >= 15 is 0 Å². The summed E-state index contributed by atoms with van der Waals surface area (Å²) in [6, 6.07) is 0. The van der Waals surface area contributed by atoms with Crippen LogP contribution < -0.4 is 0 Å². The van der Waals surface area contributed by atoms with Crippen molar-refractivity contribution in [3.8, 4) is 0 Å². The standard InChI is InChI=1S/C65H122O6/c1-4-7-10-13-16-19-22-25-28-31-32-35-37-40-43-46-49-52-55-58-64(67)70-61-62(71-65(68)59-56-53-50-47-44-41-38-34-30-27-24-21-18-15-12-9-6-3)60-69-63(66)57-54-51-48-45-42-39-36-33-29-26-23-20-17-14-11-8-5-2/h25,27-28,30,62H,4-24,26,29,31-61H2,1-3H3/b28-25-,30-27-/t62-/m1/s1. The number of hydrogen-bond acceptors (Lipinski definition) is 6. The van der Waals surface area contributed by atoms with Gasteiger partial charge in [0.15, 0.2) is 6.10 Å². The van der Waals surface area contributed by atoms with Gasteiger partial charge in [-0.3, -0.25) is 14.4 Å². The van der Waals surface area contributed by atoms with Gasteiger partial charge in [-0.25, -0.2) is 0 Å². The normalized spacial score (nSPS) is 12.1. The highest BCUT2D eigenvalue weighted by Crippen LogP contribution is 2.17. The molecule has 0 unspecified atom stereocenters. The summed E-state index contributed by atoms with van der Waals surface area (Å²) in [6.07, 6.45) is 71.7. The van der Waals surface area contributed by atoms with E-state index in [1.807, 2.05) is 0 Å². The van der Waals surface area contributed by atoms with E-state index in [1.54, 1.807) is 0 Å². The Balaban J connectivity index is 4.32. The minimum Gasteiger partial charge on any atom is -0.462 e. The summed E-state index contributed by atoms with van der Waals surface area (Å²) >= 11 is 0. The lowest BCUT2D eigenvalue weighted by molar-refractivity contribution is -0.167. The lowest BCUT2D eigenvalue weighted by atomic mass is 10.0. The Labute approximate surface area is 443 Å². The number of esters is 3. The summed E-state index contributed by atoms with van der Waals surface area (Å²) in [7, 11) is 0. The highest BCUT2D eigenvalue weighted by atomic mass is 16.6.